The molecule has 1 aliphatic rings. The monoisotopic (exact) mass is 255 g/mol. The van der Waals surface area contributed by atoms with Gasteiger partial charge in [0.05, 0.1) is 12.0 Å². The molecule has 0 bridgehead atoms. The number of hydrogen-bond acceptors (Lipinski definition) is 4. The molecule has 0 radical (unpaired) electrons. The van der Waals surface area contributed by atoms with E-state index < -0.39 is 0 Å². The van der Waals surface area contributed by atoms with Crippen LogP contribution in [0, 0.1) is 5.92 Å². The lowest BCUT2D eigenvalue weighted by Gasteiger charge is -2.30. The normalized spacial score (nSPS) is 19.2. The molecule has 1 saturated heterocycles. The van der Waals surface area contributed by atoms with Gasteiger partial charge in [0.15, 0.2) is 0 Å². The molecule has 1 aliphatic heterocycles. The molecule has 96 valence electrons. The highest BCUT2D eigenvalue weighted by Gasteiger charge is 2.27. The number of ether oxygens (including phenoxy) is 2. The Kier molecular flexibility index (Phi) is 4.83. The summed E-state index contributed by atoms with van der Waals surface area (Å²) in [7, 11) is 1.75. The summed E-state index contributed by atoms with van der Waals surface area (Å²) < 4.78 is 10.9. The molecular formula is C13H21NO2S. The number of rotatable bonds is 5. The first-order valence-corrected chi connectivity index (χ1v) is 7.17. The van der Waals surface area contributed by atoms with Crippen molar-refractivity contribution in [3.05, 3.63) is 16.3 Å². The average molecular weight is 255 g/mol. The molecule has 1 N–H and O–H groups in total. The largest absolute Gasteiger partial charge is 0.496 e. The first-order chi connectivity index (χ1) is 8.36. The van der Waals surface area contributed by atoms with Crippen molar-refractivity contribution in [2.75, 3.05) is 26.9 Å². The molecule has 1 fully saturated rings. The molecule has 0 amide bonds. The van der Waals surface area contributed by atoms with E-state index in [4.69, 9.17) is 9.47 Å². The molecule has 0 aromatic carbocycles. The molecule has 1 aromatic rings. The molecule has 0 aliphatic carbocycles. The maximum Gasteiger partial charge on any atom is 0.134 e. The minimum absolute atomic E-state index is 0.416. The third-order valence-corrected chi connectivity index (χ3v) is 4.30. The van der Waals surface area contributed by atoms with Gasteiger partial charge in [-0.25, -0.2) is 0 Å². The quantitative estimate of drug-likeness (QED) is 0.877. The highest BCUT2D eigenvalue weighted by atomic mass is 32.1. The van der Waals surface area contributed by atoms with Crippen molar-refractivity contribution in [3.8, 4) is 5.75 Å². The molecular weight excluding hydrogens is 234 g/mol. The first kappa shape index (κ1) is 12.9. The predicted molar refractivity (Wildman–Crippen MR) is 70.8 cm³/mol. The van der Waals surface area contributed by atoms with Gasteiger partial charge >= 0.3 is 0 Å². The van der Waals surface area contributed by atoms with E-state index in [1.54, 1.807) is 18.4 Å². The number of nitrogens with one attached hydrogen (secondary N) is 1. The molecule has 2 rings (SSSR count). The lowest BCUT2D eigenvalue weighted by molar-refractivity contribution is 0.0540. The minimum Gasteiger partial charge on any atom is -0.496 e. The Bertz CT molecular complexity index is 334. The zero-order valence-electron chi connectivity index (χ0n) is 10.6. The first-order valence-electron chi connectivity index (χ1n) is 6.29. The van der Waals surface area contributed by atoms with E-state index in [2.05, 4.69) is 23.7 Å². The van der Waals surface area contributed by atoms with Gasteiger partial charge in [-0.2, -0.15) is 0 Å². The fraction of sp³-hybridized carbons (Fsp3) is 0.692. The van der Waals surface area contributed by atoms with Gasteiger partial charge in [-0.1, -0.05) is 6.92 Å². The number of methoxy groups -OCH3 is 1. The Morgan fingerprint density at radius 3 is 2.94 bits per heavy atom. The summed E-state index contributed by atoms with van der Waals surface area (Å²) in [5.41, 5.74) is 0. The van der Waals surface area contributed by atoms with Crippen LogP contribution in [-0.2, 0) is 4.74 Å². The summed E-state index contributed by atoms with van der Waals surface area (Å²) >= 11 is 1.79. The van der Waals surface area contributed by atoms with Gasteiger partial charge in [-0.15, -0.1) is 11.3 Å². The Morgan fingerprint density at radius 2 is 2.29 bits per heavy atom. The molecule has 0 saturated carbocycles. The van der Waals surface area contributed by atoms with Gasteiger partial charge in [-0.05, 0) is 36.8 Å². The van der Waals surface area contributed by atoms with Crippen LogP contribution in [0.1, 0.15) is 30.7 Å². The average Bonchev–Trinajstić information content (AvgIpc) is 2.85. The van der Waals surface area contributed by atoms with Crippen molar-refractivity contribution in [1.82, 2.24) is 5.32 Å². The second-order valence-electron chi connectivity index (χ2n) is 4.34. The highest BCUT2D eigenvalue weighted by molar-refractivity contribution is 7.10. The molecule has 4 heteroatoms. The second-order valence-corrected chi connectivity index (χ2v) is 5.29. The highest BCUT2D eigenvalue weighted by Crippen LogP contribution is 2.38. The molecule has 17 heavy (non-hydrogen) atoms. The van der Waals surface area contributed by atoms with Crippen LogP contribution in [0.5, 0.6) is 5.75 Å². The van der Waals surface area contributed by atoms with Gasteiger partial charge in [0.2, 0.25) is 0 Å². The summed E-state index contributed by atoms with van der Waals surface area (Å²) in [6.07, 6.45) is 2.28. The van der Waals surface area contributed by atoms with Crippen LogP contribution in [0.4, 0.5) is 0 Å². The molecule has 1 aromatic heterocycles. The second kappa shape index (κ2) is 6.38. The van der Waals surface area contributed by atoms with Crippen LogP contribution in [0.25, 0.3) is 0 Å². The van der Waals surface area contributed by atoms with Gasteiger partial charge < -0.3 is 14.8 Å². The van der Waals surface area contributed by atoms with Crippen molar-refractivity contribution in [2.45, 2.75) is 25.8 Å². The fourth-order valence-electron chi connectivity index (χ4n) is 2.45. The van der Waals surface area contributed by atoms with Crippen molar-refractivity contribution in [1.29, 1.82) is 0 Å². The van der Waals surface area contributed by atoms with Crippen LogP contribution in [0.2, 0.25) is 0 Å². The Labute approximate surface area is 107 Å². The topological polar surface area (TPSA) is 30.5 Å². The van der Waals surface area contributed by atoms with Crippen LogP contribution < -0.4 is 10.1 Å². The summed E-state index contributed by atoms with van der Waals surface area (Å²) in [4.78, 5) is 1.33. The van der Waals surface area contributed by atoms with Crippen LogP contribution in [0.3, 0.4) is 0 Å². The third-order valence-electron chi connectivity index (χ3n) is 3.32. The van der Waals surface area contributed by atoms with Crippen molar-refractivity contribution < 1.29 is 9.47 Å². The van der Waals surface area contributed by atoms with Gasteiger partial charge in [0.1, 0.15) is 5.75 Å². The molecule has 1 atom stereocenters. The van der Waals surface area contributed by atoms with Crippen molar-refractivity contribution in [3.63, 3.8) is 0 Å². The molecule has 0 spiro atoms. The number of hydrogen-bond donors (Lipinski definition) is 1. The van der Waals surface area contributed by atoms with Gasteiger partial charge in [0, 0.05) is 19.3 Å². The summed E-state index contributed by atoms with van der Waals surface area (Å²) in [6, 6.07) is 2.47. The van der Waals surface area contributed by atoms with E-state index in [9.17, 15) is 0 Å². The Balaban J connectivity index is 2.15. The zero-order valence-corrected chi connectivity index (χ0v) is 11.4. The third kappa shape index (κ3) is 3.00. The van der Waals surface area contributed by atoms with Crippen molar-refractivity contribution >= 4 is 11.3 Å². The van der Waals surface area contributed by atoms with Gasteiger partial charge in [0.25, 0.3) is 0 Å². The fourth-order valence-corrected chi connectivity index (χ4v) is 3.48. The summed E-state index contributed by atoms with van der Waals surface area (Å²) in [6.45, 7) is 4.93. The van der Waals surface area contributed by atoms with Crippen LogP contribution in [-0.4, -0.2) is 26.9 Å². The van der Waals surface area contributed by atoms with E-state index in [1.165, 1.54) is 4.88 Å². The van der Waals surface area contributed by atoms with Crippen LogP contribution in [0.15, 0.2) is 11.4 Å². The molecule has 2 heterocycles. The molecule has 3 nitrogen and oxygen atoms in total. The Hall–Kier alpha value is -0.580. The maximum atomic E-state index is 5.45. The lowest BCUT2D eigenvalue weighted by Crippen LogP contribution is -2.31. The predicted octanol–water partition coefficient (Wildman–Crippen LogP) is 2.83. The molecule has 1 unspecified atom stereocenters. The minimum atomic E-state index is 0.416. The zero-order chi connectivity index (χ0) is 12.1. The SMILES string of the molecule is CCNC(c1sccc1OC)C1CCOCC1. The van der Waals surface area contributed by atoms with E-state index in [1.807, 2.05) is 0 Å². The maximum absolute atomic E-state index is 5.45. The summed E-state index contributed by atoms with van der Waals surface area (Å²) in [5, 5.41) is 5.71. The van der Waals surface area contributed by atoms with E-state index in [0.717, 1.165) is 38.3 Å². The standard InChI is InChI=1S/C13H21NO2S/c1-3-14-12(10-4-7-16-8-5-10)13-11(15-2)6-9-17-13/h6,9-10,12,14H,3-5,7-8H2,1-2H3. The van der Waals surface area contributed by atoms with Crippen molar-refractivity contribution in [2.24, 2.45) is 5.92 Å². The lowest BCUT2D eigenvalue weighted by atomic mass is 9.90. The summed E-state index contributed by atoms with van der Waals surface area (Å²) in [5.74, 6) is 1.68. The smallest absolute Gasteiger partial charge is 0.134 e. The van der Waals surface area contributed by atoms with E-state index >= 15 is 0 Å². The van der Waals surface area contributed by atoms with Crippen LogP contribution >= 0.6 is 11.3 Å². The Morgan fingerprint density at radius 1 is 1.53 bits per heavy atom. The van der Waals surface area contributed by atoms with E-state index in [0.29, 0.717) is 12.0 Å². The van der Waals surface area contributed by atoms with Gasteiger partial charge in [-0.3, -0.25) is 0 Å². The number of thiophene rings is 1. The van der Waals surface area contributed by atoms with E-state index in [-0.39, 0.29) is 0 Å².